The van der Waals surface area contributed by atoms with Crippen LogP contribution in [0.15, 0.2) is 41.2 Å². The lowest BCUT2D eigenvalue weighted by Crippen LogP contribution is -2.25. The molecule has 0 spiro atoms. The molecular weight excluding hydrogens is 364 g/mol. The van der Waals surface area contributed by atoms with Crippen molar-refractivity contribution in [3.8, 4) is 17.0 Å². The van der Waals surface area contributed by atoms with Gasteiger partial charge in [0.2, 0.25) is 5.43 Å². The number of primary amides is 1. The fraction of sp³-hybridized carbons (Fsp3) is 0.333. The Hall–Kier alpha value is -3.08. The molecule has 0 fully saturated rings. The number of carbonyl (C=O) groups excluding carboxylic acids is 1. The van der Waals surface area contributed by atoms with Crippen LogP contribution in [0.25, 0.3) is 22.2 Å². The van der Waals surface area contributed by atoms with Crippen LogP contribution in [-0.4, -0.2) is 16.0 Å². The largest absolute Gasteiger partial charge is 0.508 e. The number of phenols is 1. The molecule has 0 aliphatic carbocycles. The summed E-state index contributed by atoms with van der Waals surface area (Å²) in [5.41, 5.74) is 7.78. The number of H-pyrrole nitrogens is 1. The van der Waals surface area contributed by atoms with Gasteiger partial charge in [-0.1, -0.05) is 59.7 Å². The molecule has 29 heavy (non-hydrogen) atoms. The van der Waals surface area contributed by atoms with E-state index in [9.17, 15) is 14.7 Å². The van der Waals surface area contributed by atoms with Gasteiger partial charge >= 0.3 is 0 Å². The predicted molar refractivity (Wildman–Crippen MR) is 118 cm³/mol. The van der Waals surface area contributed by atoms with Crippen molar-refractivity contribution in [3.05, 3.63) is 63.3 Å². The van der Waals surface area contributed by atoms with Gasteiger partial charge in [-0.15, -0.1) is 0 Å². The maximum absolute atomic E-state index is 13.1. The number of benzene rings is 2. The number of rotatable bonds is 2. The van der Waals surface area contributed by atoms with Gasteiger partial charge in [0.1, 0.15) is 11.3 Å². The smallest absolute Gasteiger partial charge is 0.254 e. The van der Waals surface area contributed by atoms with Crippen LogP contribution in [0.1, 0.15) is 63.0 Å². The molecule has 0 bridgehead atoms. The highest BCUT2D eigenvalue weighted by atomic mass is 16.3. The molecule has 1 heterocycles. The van der Waals surface area contributed by atoms with Crippen molar-refractivity contribution in [2.45, 2.75) is 52.4 Å². The van der Waals surface area contributed by atoms with Crippen LogP contribution in [0, 0.1) is 0 Å². The lowest BCUT2D eigenvalue weighted by atomic mass is 9.77. The summed E-state index contributed by atoms with van der Waals surface area (Å²) in [7, 11) is 0. The molecule has 3 aromatic rings. The number of amides is 1. The number of nitrogens with one attached hydrogen (secondary N) is 1. The van der Waals surface area contributed by atoms with Crippen LogP contribution in [0.2, 0.25) is 0 Å². The molecule has 0 aliphatic rings. The first-order chi connectivity index (χ1) is 13.3. The summed E-state index contributed by atoms with van der Waals surface area (Å²) in [5.74, 6) is -0.684. The predicted octanol–water partition coefficient (Wildman–Crippen LogP) is 4.59. The van der Waals surface area contributed by atoms with E-state index in [2.05, 4.69) is 25.8 Å². The highest BCUT2D eigenvalue weighted by molar-refractivity contribution is 6.02. The summed E-state index contributed by atoms with van der Waals surface area (Å²) in [5, 5.41) is 11.2. The molecule has 1 amide bonds. The van der Waals surface area contributed by atoms with E-state index < -0.39 is 11.3 Å². The van der Waals surface area contributed by atoms with E-state index in [4.69, 9.17) is 5.73 Å². The molecule has 0 atom stereocenters. The van der Waals surface area contributed by atoms with E-state index in [1.807, 2.05) is 32.9 Å². The van der Waals surface area contributed by atoms with Crippen molar-refractivity contribution in [2.24, 2.45) is 5.73 Å². The lowest BCUT2D eigenvalue weighted by molar-refractivity contribution is 0.1000. The Labute approximate surface area is 170 Å². The van der Waals surface area contributed by atoms with Crippen molar-refractivity contribution in [3.63, 3.8) is 0 Å². The number of aromatic nitrogens is 1. The zero-order chi connectivity index (χ0) is 21.7. The monoisotopic (exact) mass is 392 g/mol. The van der Waals surface area contributed by atoms with E-state index in [-0.39, 0.29) is 22.1 Å². The van der Waals surface area contributed by atoms with Gasteiger partial charge in [0.15, 0.2) is 0 Å². The van der Waals surface area contributed by atoms with Crippen LogP contribution in [-0.2, 0) is 10.8 Å². The summed E-state index contributed by atoms with van der Waals surface area (Å²) >= 11 is 0. The van der Waals surface area contributed by atoms with Crippen molar-refractivity contribution >= 4 is 16.8 Å². The van der Waals surface area contributed by atoms with Crippen molar-refractivity contribution in [2.75, 3.05) is 0 Å². The minimum Gasteiger partial charge on any atom is -0.508 e. The van der Waals surface area contributed by atoms with Crippen LogP contribution >= 0.6 is 0 Å². The number of fused-ring (bicyclic) bond motifs is 1. The van der Waals surface area contributed by atoms with Crippen LogP contribution < -0.4 is 11.2 Å². The first-order valence-corrected chi connectivity index (χ1v) is 9.65. The van der Waals surface area contributed by atoms with Gasteiger partial charge in [0, 0.05) is 16.5 Å². The number of nitrogens with two attached hydrogens (primary N) is 1. The maximum Gasteiger partial charge on any atom is 0.254 e. The number of phenolic OH excluding ortho intramolecular Hbond substituents is 1. The number of para-hydroxylation sites is 1. The third kappa shape index (κ3) is 3.65. The maximum atomic E-state index is 13.1. The van der Waals surface area contributed by atoms with E-state index >= 15 is 0 Å². The molecule has 4 N–H and O–H groups in total. The summed E-state index contributed by atoms with van der Waals surface area (Å²) in [6.07, 6.45) is 0. The number of hydrogen-bond donors (Lipinski definition) is 3. The van der Waals surface area contributed by atoms with E-state index in [0.29, 0.717) is 22.2 Å². The number of hydrogen-bond acceptors (Lipinski definition) is 3. The minimum absolute atomic E-state index is 0.0999. The first-order valence-electron chi connectivity index (χ1n) is 9.65. The fourth-order valence-electron chi connectivity index (χ4n) is 3.69. The average molecular weight is 392 g/mol. The van der Waals surface area contributed by atoms with Gasteiger partial charge in [-0.05, 0) is 40.2 Å². The van der Waals surface area contributed by atoms with Crippen molar-refractivity contribution in [1.82, 2.24) is 4.98 Å². The third-order valence-electron chi connectivity index (χ3n) is 5.18. The molecule has 0 unspecified atom stereocenters. The van der Waals surface area contributed by atoms with Gasteiger partial charge in [0.05, 0.1) is 5.69 Å². The molecule has 0 radical (unpaired) electrons. The number of aromatic amines is 1. The third-order valence-corrected chi connectivity index (χ3v) is 5.18. The Balaban J connectivity index is 2.50. The summed E-state index contributed by atoms with van der Waals surface area (Å²) in [6.45, 7) is 12.2. The van der Waals surface area contributed by atoms with E-state index in [0.717, 1.165) is 11.1 Å². The zero-order valence-corrected chi connectivity index (χ0v) is 17.8. The van der Waals surface area contributed by atoms with Crippen LogP contribution in [0.5, 0.6) is 5.75 Å². The first kappa shape index (κ1) is 20.6. The average Bonchev–Trinajstić information content (AvgIpc) is 2.58. The summed E-state index contributed by atoms with van der Waals surface area (Å²) < 4.78 is 0. The Morgan fingerprint density at radius 2 is 1.55 bits per heavy atom. The van der Waals surface area contributed by atoms with Gasteiger partial charge in [-0.2, -0.15) is 0 Å². The second-order valence-corrected chi connectivity index (χ2v) is 9.53. The molecule has 0 aliphatic heterocycles. The van der Waals surface area contributed by atoms with E-state index in [1.165, 1.54) is 0 Å². The standard InChI is InChI=1S/C24H28N2O3/c1-23(2,3)15-12-16(24(4,5)6)18(27)11-14(15)20-19(22(25)29)21(28)13-9-7-8-10-17(13)26-20/h7-12,27H,1-6H3,(H2,25,29)(H,26,28). The Bertz CT molecular complexity index is 1180. The van der Waals surface area contributed by atoms with Gasteiger partial charge < -0.3 is 15.8 Å². The Morgan fingerprint density at radius 3 is 2.10 bits per heavy atom. The fourth-order valence-corrected chi connectivity index (χ4v) is 3.69. The normalized spacial score (nSPS) is 12.3. The number of aromatic hydroxyl groups is 1. The minimum atomic E-state index is -0.800. The highest BCUT2D eigenvalue weighted by Crippen LogP contribution is 2.41. The number of carbonyl (C=O) groups is 1. The molecule has 1 aromatic heterocycles. The van der Waals surface area contributed by atoms with Crippen molar-refractivity contribution < 1.29 is 9.90 Å². The highest BCUT2D eigenvalue weighted by Gasteiger charge is 2.28. The molecule has 0 saturated heterocycles. The van der Waals surface area contributed by atoms with Gasteiger partial charge in [-0.25, -0.2) is 0 Å². The topological polar surface area (TPSA) is 96.2 Å². The number of pyridine rings is 1. The van der Waals surface area contributed by atoms with Crippen LogP contribution in [0.4, 0.5) is 0 Å². The van der Waals surface area contributed by atoms with Crippen molar-refractivity contribution in [1.29, 1.82) is 0 Å². The quantitative estimate of drug-likeness (QED) is 0.595. The summed E-state index contributed by atoms with van der Waals surface area (Å²) in [6, 6.07) is 10.6. The Morgan fingerprint density at radius 1 is 0.966 bits per heavy atom. The molecular formula is C24H28N2O3. The van der Waals surface area contributed by atoms with Gasteiger partial charge in [0.25, 0.3) is 5.91 Å². The zero-order valence-electron chi connectivity index (χ0n) is 17.8. The molecule has 152 valence electrons. The SMILES string of the molecule is CC(C)(C)c1cc(C(C)(C)C)c(-c2[nH]c3ccccc3c(=O)c2C(N)=O)cc1O. The van der Waals surface area contributed by atoms with Gasteiger partial charge in [-0.3, -0.25) is 9.59 Å². The Kier molecular flexibility index (Phi) is 4.81. The van der Waals surface area contributed by atoms with Crippen LogP contribution in [0.3, 0.4) is 0 Å². The second-order valence-electron chi connectivity index (χ2n) is 9.53. The molecule has 2 aromatic carbocycles. The molecule has 5 heteroatoms. The van der Waals surface area contributed by atoms with E-state index in [1.54, 1.807) is 24.3 Å². The molecule has 5 nitrogen and oxygen atoms in total. The molecule has 0 saturated carbocycles. The molecule has 3 rings (SSSR count). The lowest BCUT2D eigenvalue weighted by Gasteiger charge is -2.29. The second kappa shape index (κ2) is 6.76. The summed E-state index contributed by atoms with van der Waals surface area (Å²) in [4.78, 5) is 28.5.